The molecule has 10 atom stereocenters. The van der Waals surface area contributed by atoms with Crippen LogP contribution < -0.4 is 0 Å². The van der Waals surface area contributed by atoms with E-state index >= 15 is 0 Å². The third-order valence-electron chi connectivity index (χ3n) is 3.90. The summed E-state index contributed by atoms with van der Waals surface area (Å²) >= 11 is 0. The lowest BCUT2D eigenvalue weighted by Crippen LogP contribution is -2.62. The summed E-state index contributed by atoms with van der Waals surface area (Å²) in [5, 5.41) is 58.0. The molecule has 2 rings (SSSR count). The molecular weight excluding hydrogens is 288 g/mol. The van der Waals surface area contributed by atoms with E-state index in [-0.39, 0.29) is 0 Å². The Hall–Kier alpha value is -0.360. The van der Waals surface area contributed by atoms with Crippen molar-refractivity contribution in [2.45, 2.75) is 75.3 Å². The predicted molar refractivity (Wildman–Crippen MR) is 65.8 cm³/mol. The fourth-order valence-corrected chi connectivity index (χ4v) is 2.49. The van der Waals surface area contributed by atoms with Crippen LogP contribution in [-0.4, -0.2) is 92.1 Å². The first-order chi connectivity index (χ1) is 9.73. The fourth-order valence-electron chi connectivity index (χ4n) is 2.49. The lowest BCUT2D eigenvalue weighted by atomic mass is 9.98. The number of hydrogen-bond donors (Lipinski definition) is 6. The van der Waals surface area contributed by atoms with Gasteiger partial charge < -0.3 is 44.8 Å². The highest BCUT2D eigenvalue weighted by atomic mass is 16.7. The first-order valence-electron chi connectivity index (χ1n) is 6.78. The molecule has 2 heterocycles. The van der Waals surface area contributed by atoms with Crippen LogP contribution in [0.3, 0.4) is 0 Å². The van der Waals surface area contributed by atoms with Crippen LogP contribution in [0.5, 0.6) is 0 Å². The molecule has 0 aliphatic carbocycles. The van der Waals surface area contributed by atoms with E-state index in [1.807, 2.05) is 0 Å². The van der Waals surface area contributed by atoms with Gasteiger partial charge in [-0.2, -0.15) is 0 Å². The van der Waals surface area contributed by atoms with E-state index in [2.05, 4.69) is 0 Å². The maximum atomic E-state index is 9.91. The van der Waals surface area contributed by atoms with E-state index < -0.39 is 61.4 Å². The minimum atomic E-state index is -1.57. The Kier molecular flexibility index (Phi) is 5.19. The molecule has 2 saturated heterocycles. The van der Waals surface area contributed by atoms with Crippen LogP contribution in [0.2, 0.25) is 0 Å². The van der Waals surface area contributed by atoms with Gasteiger partial charge >= 0.3 is 0 Å². The lowest BCUT2D eigenvalue weighted by molar-refractivity contribution is -0.348. The minimum absolute atomic E-state index is 0.784. The molecule has 2 aliphatic rings. The molecule has 21 heavy (non-hydrogen) atoms. The van der Waals surface area contributed by atoms with Crippen LogP contribution in [0.25, 0.3) is 0 Å². The molecule has 0 aromatic carbocycles. The molecule has 0 aromatic heterocycles. The largest absolute Gasteiger partial charge is 0.388 e. The standard InChI is InChI=1S/C12H22O9/c1-3-5(13)6(14)9(17)12(20-3)21-10-4(2)19-11(18)8(16)7(10)15/h3-18H,1-2H3/t3-,4-,5-,6+,7-,8-,9-,10-,11+,12-/m1/s1. The second kappa shape index (κ2) is 6.41. The third kappa shape index (κ3) is 3.21. The third-order valence-corrected chi connectivity index (χ3v) is 3.90. The summed E-state index contributed by atoms with van der Waals surface area (Å²) in [6, 6.07) is 0. The Labute approximate surface area is 121 Å². The molecule has 0 amide bonds. The molecule has 0 aromatic rings. The smallest absolute Gasteiger partial charge is 0.187 e. The monoisotopic (exact) mass is 310 g/mol. The molecule has 0 radical (unpaired) electrons. The van der Waals surface area contributed by atoms with Crippen molar-refractivity contribution in [3.8, 4) is 0 Å². The van der Waals surface area contributed by atoms with Gasteiger partial charge in [-0.3, -0.25) is 0 Å². The number of aliphatic hydroxyl groups excluding tert-OH is 6. The highest BCUT2D eigenvalue weighted by molar-refractivity contribution is 4.91. The van der Waals surface area contributed by atoms with Crippen molar-refractivity contribution in [3.63, 3.8) is 0 Å². The average Bonchev–Trinajstić information content (AvgIpc) is 2.44. The van der Waals surface area contributed by atoms with Gasteiger partial charge in [-0.1, -0.05) is 0 Å². The molecule has 9 heteroatoms. The van der Waals surface area contributed by atoms with E-state index in [9.17, 15) is 30.6 Å². The SMILES string of the molecule is C[C@H]1O[C@H](O[C@H]2[C@H](O)[C@@H](O)[C@@H](O)O[C@@H]2C)[C@H](O)[C@@H](O)[C@@H]1O. The van der Waals surface area contributed by atoms with Gasteiger partial charge in [-0.15, -0.1) is 0 Å². The second-order valence-corrected chi connectivity index (χ2v) is 5.50. The topological polar surface area (TPSA) is 149 Å². The quantitative estimate of drug-likeness (QED) is 0.308. The van der Waals surface area contributed by atoms with Gasteiger partial charge in [0.2, 0.25) is 0 Å². The molecular formula is C12H22O9. The molecule has 9 nitrogen and oxygen atoms in total. The fraction of sp³-hybridized carbons (Fsp3) is 1.00. The molecule has 0 saturated carbocycles. The van der Waals surface area contributed by atoms with Gasteiger partial charge in [0.15, 0.2) is 12.6 Å². The van der Waals surface area contributed by atoms with Crippen molar-refractivity contribution in [2.24, 2.45) is 0 Å². The van der Waals surface area contributed by atoms with Crippen LogP contribution in [0, 0.1) is 0 Å². The highest BCUT2D eigenvalue weighted by Gasteiger charge is 2.48. The van der Waals surface area contributed by atoms with Gasteiger partial charge in [-0.05, 0) is 13.8 Å². The molecule has 6 N–H and O–H groups in total. The zero-order valence-corrected chi connectivity index (χ0v) is 11.7. The number of ether oxygens (including phenoxy) is 3. The zero-order chi connectivity index (χ0) is 15.9. The summed E-state index contributed by atoms with van der Waals surface area (Å²) < 4.78 is 15.6. The Morgan fingerprint density at radius 3 is 1.90 bits per heavy atom. The maximum Gasteiger partial charge on any atom is 0.187 e. The maximum absolute atomic E-state index is 9.91. The van der Waals surface area contributed by atoms with Gasteiger partial charge in [-0.25, -0.2) is 0 Å². The molecule has 0 spiro atoms. The Balaban J connectivity index is 2.06. The molecule has 0 unspecified atom stereocenters. The average molecular weight is 310 g/mol. The van der Waals surface area contributed by atoms with E-state index in [4.69, 9.17) is 14.2 Å². The van der Waals surface area contributed by atoms with Crippen molar-refractivity contribution >= 4 is 0 Å². The number of hydrogen-bond acceptors (Lipinski definition) is 9. The van der Waals surface area contributed by atoms with Gasteiger partial charge in [0.25, 0.3) is 0 Å². The molecule has 0 bridgehead atoms. The van der Waals surface area contributed by atoms with E-state index in [1.165, 1.54) is 13.8 Å². The van der Waals surface area contributed by atoms with E-state index in [0.29, 0.717) is 0 Å². The Morgan fingerprint density at radius 1 is 0.667 bits per heavy atom. The number of aliphatic hydroxyl groups is 6. The van der Waals surface area contributed by atoms with Crippen molar-refractivity contribution in [1.29, 1.82) is 0 Å². The summed E-state index contributed by atoms with van der Waals surface area (Å²) in [5.74, 6) is 0. The van der Waals surface area contributed by atoms with Crippen molar-refractivity contribution < 1.29 is 44.8 Å². The van der Waals surface area contributed by atoms with E-state index in [0.717, 1.165) is 0 Å². The Bertz CT molecular complexity index is 354. The van der Waals surface area contributed by atoms with Gasteiger partial charge in [0.05, 0.1) is 12.2 Å². The lowest BCUT2D eigenvalue weighted by Gasteiger charge is -2.44. The van der Waals surface area contributed by atoms with Crippen molar-refractivity contribution in [3.05, 3.63) is 0 Å². The predicted octanol–water partition coefficient (Wildman–Crippen LogP) is -3.34. The zero-order valence-electron chi connectivity index (χ0n) is 11.7. The summed E-state index contributed by atoms with van der Waals surface area (Å²) in [5.41, 5.74) is 0. The highest BCUT2D eigenvalue weighted by Crippen LogP contribution is 2.28. The van der Waals surface area contributed by atoms with Crippen LogP contribution in [0.15, 0.2) is 0 Å². The van der Waals surface area contributed by atoms with Crippen LogP contribution >= 0.6 is 0 Å². The Morgan fingerprint density at radius 2 is 1.29 bits per heavy atom. The van der Waals surface area contributed by atoms with Crippen LogP contribution in [0.1, 0.15) is 13.8 Å². The summed E-state index contributed by atoms with van der Waals surface area (Å²) in [6.07, 6.45) is -12.8. The van der Waals surface area contributed by atoms with Crippen LogP contribution in [-0.2, 0) is 14.2 Å². The second-order valence-electron chi connectivity index (χ2n) is 5.50. The van der Waals surface area contributed by atoms with Crippen molar-refractivity contribution in [1.82, 2.24) is 0 Å². The van der Waals surface area contributed by atoms with Gasteiger partial charge in [0, 0.05) is 0 Å². The minimum Gasteiger partial charge on any atom is -0.388 e. The summed E-state index contributed by atoms with van der Waals surface area (Å²) in [7, 11) is 0. The first-order valence-corrected chi connectivity index (χ1v) is 6.78. The van der Waals surface area contributed by atoms with Gasteiger partial charge in [0.1, 0.15) is 36.6 Å². The van der Waals surface area contributed by atoms with Crippen molar-refractivity contribution in [2.75, 3.05) is 0 Å². The molecule has 124 valence electrons. The normalized spacial score (nSPS) is 55.4. The number of rotatable bonds is 2. The first kappa shape index (κ1) is 17.0. The van der Waals surface area contributed by atoms with Crippen LogP contribution in [0.4, 0.5) is 0 Å². The molecule has 2 aliphatic heterocycles. The molecule has 2 fully saturated rings. The van der Waals surface area contributed by atoms with E-state index in [1.54, 1.807) is 0 Å². The summed E-state index contributed by atoms with van der Waals surface area (Å²) in [4.78, 5) is 0. The summed E-state index contributed by atoms with van der Waals surface area (Å²) in [6.45, 7) is 3.00.